The van der Waals surface area contributed by atoms with Crippen LogP contribution in [0.1, 0.15) is 36.8 Å². The van der Waals surface area contributed by atoms with Gasteiger partial charge in [-0.05, 0) is 49.1 Å². The molecule has 0 atom stereocenters. The molecule has 0 amide bonds. The van der Waals surface area contributed by atoms with E-state index in [2.05, 4.69) is 61.5 Å². The Morgan fingerprint density at radius 1 is 0.957 bits per heavy atom. The van der Waals surface area contributed by atoms with Crippen molar-refractivity contribution in [3.05, 3.63) is 65.7 Å². The van der Waals surface area contributed by atoms with Gasteiger partial charge in [-0.25, -0.2) is 4.98 Å². The highest BCUT2D eigenvalue weighted by atomic mass is 14.7. The maximum atomic E-state index is 4.86. The first-order valence-corrected chi connectivity index (χ1v) is 8.75. The molecule has 0 N–H and O–H groups in total. The van der Waals surface area contributed by atoms with Gasteiger partial charge in [-0.1, -0.05) is 61.6 Å². The standard InChI is InChI=1S/C22H23N/c1-16-5-4-8-19(13-16)22-12-10-20-15-18(9-11-21(20)23-22)14-17-6-2-3-7-17/h4-5,8-13,15,17H,2-3,6-7,14H2,1H3. The highest BCUT2D eigenvalue weighted by Gasteiger charge is 2.15. The third-order valence-corrected chi connectivity index (χ3v) is 5.07. The molecule has 3 aromatic rings. The quantitative estimate of drug-likeness (QED) is 0.583. The molecule has 0 saturated heterocycles. The van der Waals surface area contributed by atoms with Crippen LogP contribution in [0.4, 0.5) is 0 Å². The van der Waals surface area contributed by atoms with Crippen LogP contribution in [0.3, 0.4) is 0 Å². The first kappa shape index (κ1) is 14.4. The molecular weight excluding hydrogens is 278 g/mol. The van der Waals surface area contributed by atoms with Crippen LogP contribution in [-0.4, -0.2) is 4.98 Å². The lowest BCUT2D eigenvalue weighted by atomic mass is 9.97. The van der Waals surface area contributed by atoms with Crippen LogP contribution < -0.4 is 0 Å². The highest BCUT2D eigenvalue weighted by Crippen LogP contribution is 2.29. The number of nitrogens with zero attached hydrogens (tertiary/aromatic N) is 1. The van der Waals surface area contributed by atoms with Crippen LogP contribution in [0.2, 0.25) is 0 Å². The Bertz CT molecular complexity index is 828. The number of pyridine rings is 1. The van der Waals surface area contributed by atoms with E-state index < -0.39 is 0 Å². The van der Waals surface area contributed by atoms with Crippen LogP contribution in [0.25, 0.3) is 22.2 Å². The van der Waals surface area contributed by atoms with Gasteiger partial charge in [0.05, 0.1) is 11.2 Å². The van der Waals surface area contributed by atoms with Gasteiger partial charge >= 0.3 is 0 Å². The molecule has 23 heavy (non-hydrogen) atoms. The van der Waals surface area contributed by atoms with Crippen molar-refractivity contribution in [1.82, 2.24) is 4.98 Å². The summed E-state index contributed by atoms with van der Waals surface area (Å²) in [5.41, 5.74) is 6.09. The van der Waals surface area contributed by atoms with Crippen LogP contribution in [0.5, 0.6) is 0 Å². The van der Waals surface area contributed by atoms with Crippen LogP contribution in [-0.2, 0) is 6.42 Å². The minimum atomic E-state index is 0.895. The molecule has 1 aliphatic carbocycles. The lowest BCUT2D eigenvalue weighted by Gasteiger charge is -2.10. The van der Waals surface area contributed by atoms with E-state index >= 15 is 0 Å². The van der Waals surface area contributed by atoms with Gasteiger partial charge in [-0.2, -0.15) is 0 Å². The summed E-state index contributed by atoms with van der Waals surface area (Å²) in [7, 11) is 0. The summed E-state index contributed by atoms with van der Waals surface area (Å²) in [6.07, 6.45) is 6.88. The summed E-state index contributed by atoms with van der Waals surface area (Å²) in [5, 5.41) is 1.26. The Balaban J connectivity index is 1.64. The summed E-state index contributed by atoms with van der Waals surface area (Å²) >= 11 is 0. The molecule has 1 aliphatic rings. The van der Waals surface area contributed by atoms with Gasteiger partial charge in [-0.3, -0.25) is 0 Å². The van der Waals surface area contributed by atoms with Gasteiger partial charge in [0.1, 0.15) is 0 Å². The first-order valence-electron chi connectivity index (χ1n) is 8.75. The maximum Gasteiger partial charge on any atom is 0.0709 e. The second-order valence-corrected chi connectivity index (χ2v) is 6.95. The fourth-order valence-electron chi connectivity index (χ4n) is 3.81. The van der Waals surface area contributed by atoms with Gasteiger partial charge < -0.3 is 0 Å². The second kappa shape index (κ2) is 6.16. The van der Waals surface area contributed by atoms with E-state index in [1.807, 2.05) is 0 Å². The van der Waals surface area contributed by atoms with Crippen molar-refractivity contribution in [2.45, 2.75) is 39.0 Å². The molecule has 1 nitrogen and oxygen atoms in total. The third kappa shape index (κ3) is 3.14. The fraction of sp³-hybridized carbons (Fsp3) is 0.318. The Morgan fingerprint density at radius 3 is 2.65 bits per heavy atom. The molecule has 1 saturated carbocycles. The Kier molecular flexibility index (Phi) is 3.87. The van der Waals surface area contributed by atoms with Crippen molar-refractivity contribution in [2.75, 3.05) is 0 Å². The van der Waals surface area contributed by atoms with Crippen molar-refractivity contribution in [3.63, 3.8) is 0 Å². The molecule has 116 valence electrons. The van der Waals surface area contributed by atoms with E-state index in [0.29, 0.717) is 0 Å². The number of rotatable bonds is 3. The minimum absolute atomic E-state index is 0.895. The first-order chi connectivity index (χ1) is 11.3. The van der Waals surface area contributed by atoms with Crippen molar-refractivity contribution in [2.24, 2.45) is 5.92 Å². The van der Waals surface area contributed by atoms with E-state index in [1.165, 1.54) is 54.2 Å². The molecule has 1 heterocycles. The highest BCUT2D eigenvalue weighted by molar-refractivity contribution is 5.82. The number of aryl methyl sites for hydroxylation is 1. The number of hydrogen-bond donors (Lipinski definition) is 0. The van der Waals surface area contributed by atoms with E-state index in [1.54, 1.807) is 0 Å². The number of hydrogen-bond acceptors (Lipinski definition) is 1. The zero-order valence-electron chi connectivity index (χ0n) is 13.8. The number of fused-ring (bicyclic) bond motifs is 1. The molecule has 4 rings (SSSR count). The van der Waals surface area contributed by atoms with Gasteiger partial charge in [0.2, 0.25) is 0 Å². The summed E-state index contributed by atoms with van der Waals surface area (Å²) < 4.78 is 0. The van der Waals surface area contributed by atoms with Gasteiger partial charge in [0, 0.05) is 10.9 Å². The van der Waals surface area contributed by atoms with Crippen molar-refractivity contribution < 1.29 is 0 Å². The molecule has 0 aliphatic heterocycles. The largest absolute Gasteiger partial charge is 0.248 e. The van der Waals surface area contributed by atoms with E-state index in [9.17, 15) is 0 Å². The molecule has 0 spiro atoms. The molecular formula is C22H23N. The van der Waals surface area contributed by atoms with Gasteiger partial charge in [0.15, 0.2) is 0 Å². The van der Waals surface area contributed by atoms with Gasteiger partial charge in [0.25, 0.3) is 0 Å². The van der Waals surface area contributed by atoms with Gasteiger partial charge in [-0.15, -0.1) is 0 Å². The lowest BCUT2D eigenvalue weighted by molar-refractivity contribution is 0.547. The number of benzene rings is 2. The lowest BCUT2D eigenvalue weighted by Crippen LogP contribution is -1.98. The van der Waals surface area contributed by atoms with Crippen LogP contribution in [0.15, 0.2) is 54.6 Å². The average molecular weight is 301 g/mol. The summed E-state index contributed by atoms with van der Waals surface area (Å²) in [6.45, 7) is 2.12. The van der Waals surface area contributed by atoms with Crippen molar-refractivity contribution in [1.29, 1.82) is 0 Å². The summed E-state index contributed by atoms with van der Waals surface area (Å²) in [5.74, 6) is 0.895. The molecule has 1 fully saturated rings. The van der Waals surface area contributed by atoms with E-state index in [4.69, 9.17) is 4.98 Å². The molecule has 0 bridgehead atoms. The maximum absolute atomic E-state index is 4.86. The van der Waals surface area contributed by atoms with E-state index in [-0.39, 0.29) is 0 Å². The molecule has 0 unspecified atom stereocenters. The molecule has 0 radical (unpaired) electrons. The van der Waals surface area contributed by atoms with Crippen molar-refractivity contribution in [3.8, 4) is 11.3 Å². The SMILES string of the molecule is Cc1cccc(-c2ccc3cc(CC4CCCC4)ccc3n2)c1. The third-order valence-electron chi connectivity index (χ3n) is 5.07. The zero-order valence-corrected chi connectivity index (χ0v) is 13.8. The topological polar surface area (TPSA) is 12.9 Å². The van der Waals surface area contributed by atoms with E-state index in [0.717, 1.165) is 17.1 Å². The zero-order chi connectivity index (χ0) is 15.6. The normalized spacial score (nSPS) is 15.3. The Hall–Kier alpha value is -2.15. The minimum Gasteiger partial charge on any atom is -0.248 e. The fourth-order valence-corrected chi connectivity index (χ4v) is 3.81. The monoisotopic (exact) mass is 301 g/mol. The predicted octanol–water partition coefficient (Wildman–Crippen LogP) is 5.94. The molecule has 1 heteroatoms. The smallest absolute Gasteiger partial charge is 0.0709 e. The van der Waals surface area contributed by atoms with Crippen molar-refractivity contribution >= 4 is 10.9 Å². The second-order valence-electron chi connectivity index (χ2n) is 6.95. The van der Waals surface area contributed by atoms with Crippen LogP contribution in [0, 0.1) is 12.8 Å². The molecule has 1 aromatic heterocycles. The predicted molar refractivity (Wildman–Crippen MR) is 97.6 cm³/mol. The summed E-state index contributed by atoms with van der Waals surface area (Å²) in [6, 6.07) is 19.7. The number of aromatic nitrogens is 1. The molecule has 2 aromatic carbocycles. The summed E-state index contributed by atoms with van der Waals surface area (Å²) in [4.78, 5) is 4.86. The Labute approximate surface area is 138 Å². The average Bonchev–Trinajstić information content (AvgIpc) is 3.07. The Morgan fingerprint density at radius 2 is 1.83 bits per heavy atom. The van der Waals surface area contributed by atoms with Crippen LogP contribution >= 0.6 is 0 Å².